The molecule has 1 N–H and O–H groups in total. The molecule has 0 radical (unpaired) electrons. The van der Waals surface area contributed by atoms with E-state index in [4.69, 9.17) is 0 Å². The van der Waals surface area contributed by atoms with Crippen LogP contribution in [0.15, 0.2) is 36.5 Å². The topological polar surface area (TPSA) is 50.9 Å². The normalized spacial score (nSPS) is 18.8. The fourth-order valence-corrected chi connectivity index (χ4v) is 3.64. The summed E-state index contributed by atoms with van der Waals surface area (Å²) in [6, 6.07) is 10.4. The van der Waals surface area contributed by atoms with Gasteiger partial charge in [0.15, 0.2) is 0 Å². The van der Waals surface area contributed by atoms with Gasteiger partial charge < -0.3 is 5.11 Å². The van der Waals surface area contributed by atoms with Crippen LogP contribution in [0, 0.1) is 0 Å². The minimum absolute atomic E-state index is 0.186. The Balaban J connectivity index is 1.99. The highest BCUT2D eigenvalue weighted by Crippen LogP contribution is 2.49. The minimum Gasteiger partial charge on any atom is -0.386 e. The highest BCUT2D eigenvalue weighted by molar-refractivity contribution is 5.30. The Morgan fingerprint density at radius 2 is 1.95 bits per heavy atom. The molecule has 1 fully saturated rings. The van der Waals surface area contributed by atoms with Gasteiger partial charge >= 0.3 is 0 Å². The number of hydrogen-bond donors (Lipinski definition) is 1. The summed E-state index contributed by atoms with van der Waals surface area (Å²) in [6.45, 7) is 2.91. The molecule has 0 amide bonds. The molecular weight excluding hydrogens is 262 g/mol. The lowest BCUT2D eigenvalue weighted by molar-refractivity contribution is 0.0736. The Bertz CT molecular complexity index is 573. The molecule has 3 rings (SSSR count). The number of rotatable bonds is 5. The molecule has 4 nitrogen and oxygen atoms in total. The summed E-state index contributed by atoms with van der Waals surface area (Å²) in [5, 5.41) is 19.3. The number of aliphatic hydroxyl groups is 1. The maximum absolute atomic E-state index is 11.1. The first-order chi connectivity index (χ1) is 10.3. The van der Waals surface area contributed by atoms with Crippen molar-refractivity contribution >= 4 is 0 Å². The molecule has 1 saturated carbocycles. The van der Waals surface area contributed by atoms with Crippen LogP contribution in [0.2, 0.25) is 0 Å². The molecule has 0 spiro atoms. The van der Waals surface area contributed by atoms with E-state index in [-0.39, 0.29) is 5.41 Å². The molecule has 112 valence electrons. The van der Waals surface area contributed by atoms with Crippen molar-refractivity contribution in [1.29, 1.82) is 0 Å². The summed E-state index contributed by atoms with van der Waals surface area (Å²) in [5.74, 6) is 0. The monoisotopic (exact) mass is 285 g/mol. The molecule has 1 aromatic carbocycles. The Kier molecular flexibility index (Phi) is 4.06. The SMILES string of the molecule is CCCn1nncc1C(O)C1(c2ccccc2)CCCC1. The van der Waals surface area contributed by atoms with Gasteiger partial charge in [-0.25, -0.2) is 4.68 Å². The van der Waals surface area contributed by atoms with Crippen molar-refractivity contribution in [3.63, 3.8) is 0 Å². The highest BCUT2D eigenvalue weighted by atomic mass is 16.3. The van der Waals surface area contributed by atoms with Crippen LogP contribution < -0.4 is 0 Å². The van der Waals surface area contributed by atoms with Gasteiger partial charge in [-0.3, -0.25) is 0 Å². The highest BCUT2D eigenvalue weighted by Gasteiger charge is 2.44. The zero-order valence-electron chi connectivity index (χ0n) is 12.6. The fraction of sp³-hybridized carbons (Fsp3) is 0.529. The lowest BCUT2D eigenvalue weighted by Crippen LogP contribution is -2.32. The van der Waals surface area contributed by atoms with E-state index in [2.05, 4.69) is 41.5 Å². The summed E-state index contributed by atoms with van der Waals surface area (Å²) in [6.07, 6.45) is 6.56. The van der Waals surface area contributed by atoms with Crippen LogP contribution in [-0.2, 0) is 12.0 Å². The molecule has 0 aliphatic heterocycles. The van der Waals surface area contributed by atoms with Gasteiger partial charge in [-0.2, -0.15) is 0 Å². The molecule has 1 aromatic heterocycles. The summed E-state index contributed by atoms with van der Waals surface area (Å²) >= 11 is 0. The molecule has 21 heavy (non-hydrogen) atoms. The number of aromatic nitrogens is 3. The van der Waals surface area contributed by atoms with Gasteiger partial charge in [-0.1, -0.05) is 55.3 Å². The molecule has 2 aromatic rings. The van der Waals surface area contributed by atoms with Gasteiger partial charge in [0.2, 0.25) is 0 Å². The average Bonchev–Trinajstić information content (AvgIpc) is 3.18. The van der Waals surface area contributed by atoms with Crippen LogP contribution in [0.3, 0.4) is 0 Å². The van der Waals surface area contributed by atoms with Crippen LogP contribution in [0.25, 0.3) is 0 Å². The van der Waals surface area contributed by atoms with E-state index in [0.29, 0.717) is 0 Å². The van der Waals surface area contributed by atoms with Crippen molar-refractivity contribution in [2.45, 2.75) is 57.1 Å². The number of aliphatic hydroxyl groups excluding tert-OH is 1. The predicted molar refractivity (Wildman–Crippen MR) is 81.9 cm³/mol. The summed E-state index contributed by atoms with van der Waals surface area (Å²) in [4.78, 5) is 0. The quantitative estimate of drug-likeness (QED) is 0.917. The van der Waals surface area contributed by atoms with Crippen LogP contribution >= 0.6 is 0 Å². The second-order valence-corrected chi connectivity index (χ2v) is 6.01. The zero-order chi connectivity index (χ0) is 14.7. The van der Waals surface area contributed by atoms with E-state index in [1.165, 1.54) is 18.4 Å². The van der Waals surface area contributed by atoms with Crippen molar-refractivity contribution in [3.8, 4) is 0 Å². The number of aryl methyl sites for hydroxylation is 1. The lowest BCUT2D eigenvalue weighted by atomic mass is 9.73. The first kappa shape index (κ1) is 14.3. The molecule has 0 bridgehead atoms. The minimum atomic E-state index is -0.538. The van der Waals surface area contributed by atoms with E-state index >= 15 is 0 Å². The Morgan fingerprint density at radius 1 is 1.24 bits per heavy atom. The van der Waals surface area contributed by atoms with Crippen LogP contribution in [0.1, 0.15) is 56.4 Å². The van der Waals surface area contributed by atoms with Crippen molar-refractivity contribution in [3.05, 3.63) is 47.8 Å². The number of hydrogen-bond acceptors (Lipinski definition) is 3. The average molecular weight is 285 g/mol. The van der Waals surface area contributed by atoms with E-state index in [1.807, 2.05) is 10.7 Å². The van der Waals surface area contributed by atoms with E-state index < -0.39 is 6.10 Å². The van der Waals surface area contributed by atoms with Gasteiger partial charge in [0.1, 0.15) is 6.10 Å². The van der Waals surface area contributed by atoms with E-state index in [0.717, 1.165) is 31.5 Å². The van der Waals surface area contributed by atoms with Crippen molar-refractivity contribution in [2.24, 2.45) is 0 Å². The first-order valence-corrected chi connectivity index (χ1v) is 7.90. The van der Waals surface area contributed by atoms with Gasteiger partial charge in [0.05, 0.1) is 11.9 Å². The lowest BCUT2D eigenvalue weighted by Gasteiger charge is -2.35. The second-order valence-electron chi connectivity index (χ2n) is 6.01. The standard InChI is InChI=1S/C17H23N3O/c1-2-12-20-15(13-18-19-20)16(21)17(10-6-7-11-17)14-8-4-3-5-9-14/h3-5,8-9,13,16,21H,2,6-7,10-12H2,1H3. The third kappa shape index (κ3) is 2.48. The summed E-state index contributed by atoms with van der Waals surface area (Å²) in [5.41, 5.74) is 1.90. The smallest absolute Gasteiger partial charge is 0.107 e. The van der Waals surface area contributed by atoms with Gasteiger partial charge in [-0.15, -0.1) is 5.10 Å². The predicted octanol–water partition coefficient (Wildman–Crippen LogP) is 3.23. The fourth-order valence-electron chi connectivity index (χ4n) is 3.64. The molecule has 4 heteroatoms. The maximum atomic E-state index is 11.1. The van der Waals surface area contributed by atoms with Crippen LogP contribution in [-0.4, -0.2) is 20.1 Å². The maximum Gasteiger partial charge on any atom is 0.107 e. The molecule has 1 aliphatic rings. The Morgan fingerprint density at radius 3 is 2.62 bits per heavy atom. The van der Waals surface area contributed by atoms with Gasteiger partial charge in [0, 0.05) is 12.0 Å². The van der Waals surface area contributed by atoms with Crippen molar-refractivity contribution < 1.29 is 5.11 Å². The molecule has 1 unspecified atom stereocenters. The molecule has 1 atom stereocenters. The molecule has 1 heterocycles. The zero-order valence-corrected chi connectivity index (χ0v) is 12.6. The van der Waals surface area contributed by atoms with Gasteiger partial charge in [0.25, 0.3) is 0 Å². The second kappa shape index (κ2) is 5.98. The number of benzene rings is 1. The summed E-state index contributed by atoms with van der Waals surface area (Å²) < 4.78 is 1.85. The van der Waals surface area contributed by atoms with Crippen LogP contribution in [0.4, 0.5) is 0 Å². The third-order valence-corrected chi connectivity index (χ3v) is 4.73. The molecule has 1 aliphatic carbocycles. The van der Waals surface area contributed by atoms with Crippen LogP contribution in [0.5, 0.6) is 0 Å². The Hall–Kier alpha value is -1.68. The first-order valence-electron chi connectivity index (χ1n) is 7.90. The summed E-state index contributed by atoms with van der Waals surface area (Å²) in [7, 11) is 0. The molecule has 0 saturated heterocycles. The Labute approximate surface area is 125 Å². The molecular formula is C17H23N3O. The van der Waals surface area contributed by atoms with Crippen molar-refractivity contribution in [2.75, 3.05) is 0 Å². The van der Waals surface area contributed by atoms with Crippen molar-refractivity contribution in [1.82, 2.24) is 15.0 Å². The number of nitrogens with zero attached hydrogens (tertiary/aromatic N) is 3. The van der Waals surface area contributed by atoms with E-state index in [9.17, 15) is 5.11 Å². The third-order valence-electron chi connectivity index (χ3n) is 4.73. The van der Waals surface area contributed by atoms with Gasteiger partial charge in [-0.05, 0) is 24.8 Å². The van der Waals surface area contributed by atoms with E-state index in [1.54, 1.807) is 6.20 Å². The largest absolute Gasteiger partial charge is 0.386 e.